The molecule has 0 saturated carbocycles. The minimum absolute atomic E-state index is 0.500. The highest BCUT2D eigenvalue weighted by Crippen LogP contribution is 2.07. The van der Waals surface area contributed by atoms with E-state index in [-0.39, 0.29) is 0 Å². The van der Waals surface area contributed by atoms with Gasteiger partial charge in [0.1, 0.15) is 0 Å². The molecule has 0 saturated heterocycles. The molecule has 2 heteroatoms. The van der Waals surface area contributed by atoms with Gasteiger partial charge in [0.2, 0.25) is 0 Å². The minimum Gasteiger partial charge on any atom is -0.276 e. The second-order valence-corrected chi connectivity index (χ2v) is 4.18. The maximum atomic E-state index is 3.83. The first-order valence-corrected chi connectivity index (χ1v) is 3.83. The van der Waals surface area contributed by atoms with Crippen LogP contribution >= 0.6 is 0 Å². The SMILES string of the molecule is CC(C)(C)C.Cn1cccn1. The van der Waals surface area contributed by atoms with E-state index in [4.69, 9.17) is 0 Å². The molecule has 0 amide bonds. The van der Waals surface area contributed by atoms with Crippen molar-refractivity contribution in [2.45, 2.75) is 27.7 Å². The zero-order chi connectivity index (χ0) is 8.91. The highest BCUT2D eigenvalue weighted by Gasteiger charge is 1.95. The number of hydrogen-bond donors (Lipinski definition) is 0. The van der Waals surface area contributed by atoms with Gasteiger partial charge in [0.15, 0.2) is 0 Å². The standard InChI is InChI=1S/C5H12.C4H6N2/c1-5(2,3)4;1-6-4-2-3-5-6/h1-4H3;2-4H,1H3. The predicted molar refractivity (Wildman–Crippen MR) is 48.3 cm³/mol. The lowest BCUT2D eigenvalue weighted by Crippen LogP contribution is -1.93. The van der Waals surface area contributed by atoms with Crippen LogP contribution in [0.25, 0.3) is 0 Å². The maximum Gasteiger partial charge on any atom is 0.0489 e. The maximum absolute atomic E-state index is 3.83. The molecule has 0 unspecified atom stereocenters. The van der Waals surface area contributed by atoms with E-state index < -0.39 is 0 Å². The summed E-state index contributed by atoms with van der Waals surface area (Å²) in [4.78, 5) is 0. The first-order valence-electron chi connectivity index (χ1n) is 3.83. The van der Waals surface area contributed by atoms with Gasteiger partial charge in [0.25, 0.3) is 0 Å². The number of aryl methyl sites for hydroxylation is 1. The Balaban J connectivity index is 0.000000187. The highest BCUT2D eigenvalue weighted by atomic mass is 15.2. The fourth-order valence-electron chi connectivity index (χ4n) is 0.345. The summed E-state index contributed by atoms with van der Waals surface area (Å²) in [6.45, 7) is 8.75. The largest absolute Gasteiger partial charge is 0.276 e. The quantitative estimate of drug-likeness (QED) is 0.561. The Morgan fingerprint density at radius 2 is 1.64 bits per heavy atom. The van der Waals surface area contributed by atoms with Crippen LogP contribution < -0.4 is 0 Å². The lowest BCUT2D eigenvalue weighted by atomic mass is 10.0. The fraction of sp³-hybridized carbons (Fsp3) is 0.667. The van der Waals surface area contributed by atoms with Gasteiger partial charge in [-0.1, -0.05) is 27.7 Å². The predicted octanol–water partition coefficient (Wildman–Crippen LogP) is 2.47. The molecule has 0 aliphatic heterocycles. The topological polar surface area (TPSA) is 17.8 Å². The Bertz CT molecular complexity index is 164. The fourth-order valence-corrected chi connectivity index (χ4v) is 0.345. The van der Waals surface area contributed by atoms with Crippen LogP contribution in [0.3, 0.4) is 0 Å². The lowest BCUT2D eigenvalue weighted by molar-refractivity contribution is 0.469. The molecule has 0 radical (unpaired) electrons. The van der Waals surface area contributed by atoms with Crippen LogP contribution in [0.15, 0.2) is 18.5 Å². The molecular weight excluding hydrogens is 136 g/mol. The smallest absolute Gasteiger partial charge is 0.0489 e. The molecule has 0 aliphatic rings. The normalized spacial score (nSPS) is 10.3. The molecule has 2 nitrogen and oxygen atoms in total. The monoisotopic (exact) mass is 154 g/mol. The molecule has 11 heavy (non-hydrogen) atoms. The van der Waals surface area contributed by atoms with Crippen molar-refractivity contribution in [1.82, 2.24) is 9.78 Å². The summed E-state index contributed by atoms with van der Waals surface area (Å²) in [7, 11) is 1.89. The number of nitrogens with zero attached hydrogens (tertiary/aromatic N) is 2. The number of rotatable bonds is 0. The summed E-state index contributed by atoms with van der Waals surface area (Å²) in [5.74, 6) is 0. The molecule has 64 valence electrons. The Morgan fingerprint density at radius 3 is 1.73 bits per heavy atom. The highest BCUT2D eigenvalue weighted by molar-refractivity contribution is 4.75. The van der Waals surface area contributed by atoms with Crippen molar-refractivity contribution < 1.29 is 0 Å². The Morgan fingerprint density at radius 1 is 1.18 bits per heavy atom. The summed E-state index contributed by atoms with van der Waals surface area (Å²) in [5.41, 5.74) is 0.500. The molecule has 0 aromatic carbocycles. The van der Waals surface area contributed by atoms with Gasteiger partial charge < -0.3 is 0 Å². The number of aromatic nitrogens is 2. The van der Waals surface area contributed by atoms with Crippen molar-refractivity contribution in [3.63, 3.8) is 0 Å². The summed E-state index contributed by atoms with van der Waals surface area (Å²) in [5, 5.41) is 3.83. The van der Waals surface area contributed by atoms with Gasteiger partial charge in [0.05, 0.1) is 0 Å². The molecule has 0 atom stereocenters. The van der Waals surface area contributed by atoms with Crippen molar-refractivity contribution in [2.75, 3.05) is 0 Å². The van der Waals surface area contributed by atoms with Gasteiger partial charge in [-0.05, 0) is 11.5 Å². The summed E-state index contributed by atoms with van der Waals surface area (Å²) >= 11 is 0. The Hall–Kier alpha value is -0.790. The van der Waals surface area contributed by atoms with Crippen LogP contribution in [0.1, 0.15) is 27.7 Å². The molecular formula is C9H18N2. The van der Waals surface area contributed by atoms with Gasteiger partial charge in [-0.3, -0.25) is 4.68 Å². The van der Waals surface area contributed by atoms with E-state index in [9.17, 15) is 0 Å². The van der Waals surface area contributed by atoms with Crippen LogP contribution in [-0.2, 0) is 7.05 Å². The van der Waals surface area contributed by atoms with Crippen LogP contribution in [0.4, 0.5) is 0 Å². The molecule has 1 rings (SSSR count). The van der Waals surface area contributed by atoms with Crippen molar-refractivity contribution >= 4 is 0 Å². The van der Waals surface area contributed by atoms with E-state index in [1.165, 1.54) is 0 Å². The van der Waals surface area contributed by atoms with Crippen molar-refractivity contribution in [1.29, 1.82) is 0 Å². The second-order valence-electron chi connectivity index (χ2n) is 4.18. The van der Waals surface area contributed by atoms with Gasteiger partial charge in [0, 0.05) is 19.4 Å². The summed E-state index contributed by atoms with van der Waals surface area (Å²) < 4.78 is 1.75. The van der Waals surface area contributed by atoms with Crippen molar-refractivity contribution in [3.05, 3.63) is 18.5 Å². The van der Waals surface area contributed by atoms with E-state index >= 15 is 0 Å². The zero-order valence-electron chi connectivity index (χ0n) is 8.13. The van der Waals surface area contributed by atoms with E-state index in [1.54, 1.807) is 10.9 Å². The molecule has 0 spiro atoms. The average molecular weight is 154 g/mol. The molecule has 1 heterocycles. The van der Waals surface area contributed by atoms with E-state index in [2.05, 4.69) is 32.8 Å². The van der Waals surface area contributed by atoms with E-state index in [0.29, 0.717) is 5.41 Å². The van der Waals surface area contributed by atoms with Crippen LogP contribution in [-0.4, -0.2) is 9.78 Å². The third-order valence-corrected chi connectivity index (χ3v) is 0.637. The van der Waals surface area contributed by atoms with Gasteiger partial charge in [-0.15, -0.1) is 0 Å². The molecule has 0 N–H and O–H groups in total. The third-order valence-electron chi connectivity index (χ3n) is 0.637. The van der Waals surface area contributed by atoms with Crippen molar-refractivity contribution in [2.24, 2.45) is 12.5 Å². The third kappa shape index (κ3) is 12.4. The van der Waals surface area contributed by atoms with Crippen molar-refractivity contribution in [3.8, 4) is 0 Å². The first kappa shape index (κ1) is 10.2. The van der Waals surface area contributed by atoms with Crippen LogP contribution in [0.2, 0.25) is 0 Å². The minimum atomic E-state index is 0.500. The number of hydrogen-bond acceptors (Lipinski definition) is 1. The molecule has 1 aromatic heterocycles. The van der Waals surface area contributed by atoms with E-state index in [0.717, 1.165) is 0 Å². The Kier molecular flexibility index (Phi) is 3.86. The Labute approximate surface area is 69.2 Å². The molecule has 0 aliphatic carbocycles. The van der Waals surface area contributed by atoms with Crippen LogP contribution in [0, 0.1) is 5.41 Å². The molecule has 1 aromatic rings. The zero-order valence-corrected chi connectivity index (χ0v) is 8.13. The van der Waals surface area contributed by atoms with Gasteiger partial charge >= 0.3 is 0 Å². The molecule has 0 bridgehead atoms. The second kappa shape index (κ2) is 4.16. The summed E-state index contributed by atoms with van der Waals surface area (Å²) in [6, 6.07) is 1.89. The lowest BCUT2D eigenvalue weighted by Gasteiger charge is -2.05. The first-order chi connectivity index (χ1) is 4.89. The summed E-state index contributed by atoms with van der Waals surface area (Å²) in [6.07, 6.45) is 3.64. The molecule has 0 fully saturated rings. The van der Waals surface area contributed by atoms with Crippen LogP contribution in [0.5, 0.6) is 0 Å². The van der Waals surface area contributed by atoms with Gasteiger partial charge in [-0.25, -0.2) is 0 Å². The van der Waals surface area contributed by atoms with Gasteiger partial charge in [-0.2, -0.15) is 5.10 Å². The van der Waals surface area contributed by atoms with E-state index in [1.807, 2.05) is 19.3 Å². The average Bonchev–Trinajstić information content (AvgIpc) is 2.12.